The van der Waals surface area contributed by atoms with E-state index in [2.05, 4.69) is 5.32 Å². The zero-order valence-electron chi connectivity index (χ0n) is 10.3. The van der Waals surface area contributed by atoms with Crippen LogP contribution in [0.5, 0.6) is 0 Å². The van der Waals surface area contributed by atoms with E-state index in [9.17, 15) is 9.59 Å². The van der Waals surface area contributed by atoms with Crippen LogP contribution in [0.4, 0.5) is 0 Å². The first-order valence-corrected chi connectivity index (χ1v) is 5.39. The number of amides is 1. The minimum Gasteiger partial charge on any atom is -0.480 e. The topological polar surface area (TPSA) is 75.6 Å². The third kappa shape index (κ3) is 5.70. The Kier molecular flexibility index (Phi) is 6.72. The number of aliphatic carboxylic acids is 1. The van der Waals surface area contributed by atoms with Crippen molar-refractivity contribution >= 4 is 11.9 Å². The molecule has 0 spiro atoms. The Balaban J connectivity index is 4.15. The molecule has 0 aliphatic heterocycles. The molecule has 0 heterocycles. The molecule has 0 saturated carbocycles. The van der Waals surface area contributed by atoms with Gasteiger partial charge in [-0.25, -0.2) is 4.79 Å². The van der Waals surface area contributed by atoms with Gasteiger partial charge in [-0.05, 0) is 11.8 Å². The van der Waals surface area contributed by atoms with Crippen molar-refractivity contribution in [1.82, 2.24) is 5.32 Å². The number of carboxylic acids is 1. The highest BCUT2D eigenvalue weighted by Crippen LogP contribution is 2.05. The number of rotatable bonds is 7. The minimum absolute atomic E-state index is 0.0895. The van der Waals surface area contributed by atoms with E-state index >= 15 is 0 Å². The van der Waals surface area contributed by atoms with Crippen LogP contribution in [-0.2, 0) is 14.3 Å². The maximum absolute atomic E-state index is 11.5. The van der Waals surface area contributed by atoms with Gasteiger partial charge in [0, 0.05) is 20.1 Å². The van der Waals surface area contributed by atoms with Crippen molar-refractivity contribution in [1.29, 1.82) is 0 Å². The van der Waals surface area contributed by atoms with Crippen LogP contribution >= 0.6 is 0 Å². The highest BCUT2D eigenvalue weighted by atomic mass is 16.5. The summed E-state index contributed by atoms with van der Waals surface area (Å²) in [4.78, 5) is 22.4. The van der Waals surface area contributed by atoms with E-state index in [1.165, 1.54) is 0 Å². The molecule has 5 nitrogen and oxygen atoms in total. The first kappa shape index (κ1) is 14.9. The SMILES string of the molecule is COCC(C)CC(=O)N[C@@H](C(=O)O)C(C)C. The summed E-state index contributed by atoms with van der Waals surface area (Å²) in [6.07, 6.45) is 0.282. The van der Waals surface area contributed by atoms with Crippen LogP contribution in [0, 0.1) is 11.8 Å². The van der Waals surface area contributed by atoms with Crippen molar-refractivity contribution in [3.63, 3.8) is 0 Å². The van der Waals surface area contributed by atoms with E-state index in [1.807, 2.05) is 6.92 Å². The fourth-order valence-corrected chi connectivity index (χ4v) is 1.41. The van der Waals surface area contributed by atoms with Crippen molar-refractivity contribution < 1.29 is 19.4 Å². The highest BCUT2D eigenvalue weighted by molar-refractivity contribution is 5.83. The van der Waals surface area contributed by atoms with Gasteiger partial charge in [-0.3, -0.25) is 4.79 Å². The Hall–Kier alpha value is -1.10. The lowest BCUT2D eigenvalue weighted by Crippen LogP contribution is -2.44. The zero-order valence-corrected chi connectivity index (χ0v) is 10.3. The predicted molar refractivity (Wildman–Crippen MR) is 60.1 cm³/mol. The Labute approximate surface area is 96.2 Å². The van der Waals surface area contributed by atoms with E-state index in [1.54, 1.807) is 21.0 Å². The van der Waals surface area contributed by atoms with Gasteiger partial charge in [0.15, 0.2) is 0 Å². The fraction of sp³-hybridized carbons (Fsp3) is 0.818. The lowest BCUT2D eigenvalue weighted by molar-refractivity contribution is -0.143. The van der Waals surface area contributed by atoms with Crippen molar-refractivity contribution in [3.05, 3.63) is 0 Å². The summed E-state index contributed by atoms with van der Waals surface area (Å²) in [5.41, 5.74) is 0. The lowest BCUT2D eigenvalue weighted by Gasteiger charge is -2.19. The molecular weight excluding hydrogens is 210 g/mol. The second-order valence-corrected chi connectivity index (χ2v) is 4.39. The molecule has 5 heteroatoms. The molecule has 94 valence electrons. The summed E-state index contributed by atoms with van der Waals surface area (Å²) in [6.45, 7) is 5.90. The van der Waals surface area contributed by atoms with Gasteiger partial charge in [0.05, 0.1) is 0 Å². The molecule has 0 saturated heterocycles. The number of ether oxygens (including phenoxy) is 1. The molecule has 2 atom stereocenters. The molecule has 0 aromatic rings. The molecule has 0 radical (unpaired) electrons. The maximum Gasteiger partial charge on any atom is 0.326 e. The van der Waals surface area contributed by atoms with Crippen molar-refractivity contribution in [3.8, 4) is 0 Å². The van der Waals surface area contributed by atoms with E-state index < -0.39 is 12.0 Å². The van der Waals surface area contributed by atoms with Gasteiger partial charge in [-0.15, -0.1) is 0 Å². The third-order valence-electron chi connectivity index (χ3n) is 2.23. The average molecular weight is 231 g/mol. The summed E-state index contributed by atoms with van der Waals surface area (Å²) >= 11 is 0. The molecule has 0 fully saturated rings. The smallest absolute Gasteiger partial charge is 0.326 e. The Bertz CT molecular complexity index is 240. The second-order valence-electron chi connectivity index (χ2n) is 4.39. The Morgan fingerprint density at radius 2 is 1.88 bits per heavy atom. The molecule has 0 aliphatic carbocycles. The Morgan fingerprint density at radius 3 is 2.25 bits per heavy atom. The molecule has 0 aromatic heterocycles. The average Bonchev–Trinajstić information content (AvgIpc) is 2.13. The molecule has 0 bridgehead atoms. The number of hydrogen-bond donors (Lipinski definition) is 2. The lowest BCUT2D eigenvalue weighted by atomic mass is 10.0. The molecule has 0 rings (SSSR count). The van der Waals surface area contributed by atoms with Crippen LogP contribution in [0.1, 0.15) is 27.2 Å². The molecule has 1 amide bonds. The summed E-state index contributed by atoms with van der Waals surface area (Å²) in [7, 11) is 1.57. The number of carbonyl (C=O) groups excluding carboxylic acids is 1. The quantitative estimate of drug-likeness (QED) is 0.682. The standard InChI is InChI=1S/C11H21NO4/c1-7(2)10(11(14)15)12-9(13)5-8(3)6-16-4/h7-8,10H,5-6H2,1-4H3,(H,12,13)(H,14,15)/t8?,10-/m1/s1. The van der Waals surface area contributed by atoms with E-state index in [0.29, 0.717) is 6.61 Å². The van der Waals surface area contributed by atoms with Crippen molar-refractivity contribution in [2.24, 2.45) is 11.8 Å². The molecule has 0 aliphatic rings. The summed E-state index contributed by atoms with van der Waals surface area (Å²) in [5.74, 6) is -1.28. The van der Waals surface area contributed by atoms with E-state index in [0.717, 1.165) is 0 Å². The molecular formula is C11H21NO4. The van der Waals surface area contributed by atoms with E-state index in [-0.39, 0.29) is 24.2 Å². The number of nitrogens with one attached hydrogen (secondary N) is 1. The zero-order chi connectivity index (χ0) is 12.7. The van der Waals surface area contributed by atoms with Crippen LogP contribution in [0.15, 0.2) is 0 Å². The van der Waals surface area contributed by atoms with Crippen molar-refractivity contribution in [2.75, 3.05) is 13.7 Å². The van der Waals surface area contributed by atoms with Gasteiger partial charge >= 0.3 is 5.97 Å². The maximum atomic E-state index is 11.5. The largest absolute Gasteiger partial charge is 0.480 e. The predicted octanol–water partition coefficient (Wildman–Crippen LogP) is 0.884. The first-order chi connectivity index (χ1) is 7.38. The molecule has 2 N–H and O–H groups in total. The number of carbonyl (C=O) groups is 2. The van der Waals surface area contributed by atoms with Crippen LogP contribution in [0.2, 0.25) is 0 Å². The normalized spacial score (nSPS) is 14.6. The first-order valence-electron chi connectivity index (χ1n) is 5.39. The minimum atomic E-state index is -0.997. The number of methoxy groups -OCH3 is 1. The fourth-order valence-electron chi connectivity index (χ4n) is 1.41. The van der Waals surface area contributed by atoms with Gasteiger partial charge in [0.25, 0.3) is 0 Å². The van der Waals surface area contributed by atoms with Gasteiger partial charge in [0.1, 0.15) is 6.04 Å². The monoisotopic (exact) mass is 231 g/mol. The number of carboxylic acid groups (broad SMARTS) is 1. The summed E-state index contributed by atoms with van der Waals surface area (Å²) in [6, 6.07) is -0.817. The highest BCUT2D eigenvalue weighted by Gasteiger charge is 2.23. The summed E-state index contributed by atoms with van der Waals surface area (Å²) < 4.78 is 4.91. The van der Waals surface area contributed by atoms with Gasteiger partial charge in [0.2, 0.25) is 5.91 Å². The van der Waals surface area contributed by atoms with Gasteiger partial charge < -0.3 is 15.2 Å². The van der Waals surface area contributed by atoms with Crippen LogP contribution < -0.4 is 5.32 Å². The molecule has 0 aromatic carbocycles. The van der Waals surface area contributed by atoms with Crippen molar-refractivity contribution in [2.45, 2.75) is 33.2 Å². The second kappa shape index (κ2) is 7.22. The Morgan fingerprint density at radius 1 is 1.31 bits per heavy atom. The van der Waals surface area contributed by atoms with Gasteiger partial charge in [-0.1, -0.05) is 20.8 Å². The number of hydrogen-bond acceptors (Lipinski definition) is 3. The third-order valence-corrected chi connectivity index (χ3v) is 2.23. The van der Waals surface area contributed by atoms with E-state index in [4.69, 9.17) is 9.84 Å². The summed E-state index contributed by atoms with van der Waals surface area (Å²) in [5, 5.41) is 11.4. The van der Waals surface area contributed by atoms with Crippen LogP contribution in [0.3, 0.4) is 0 Å². The van der Waals surface area contributed by atoms with Crippen LogP contribution in [-0.4, -0.2) is 36.7 Å². The molecule has 1 unspecified atom stereocenters. The molecule has 16 heavy (non-hydrogen) atoms. The van der Waals surface area contributed by atoms with Crippen LogP contribution in [0.25, 0.3) is 0 Å². The van der Waals surface area contributed by atoms with Gasteiger partial charge in [-0.2, -0.15) is 0 Å².